The predicted molar refractivity (Wildman–Crippen MR) is 99.3 cm³/mol. The van der Waals surface area contributed by atoms with Crippen LogP contribution in [0.5, 0.6) is 0 Å². The first kappa shape index (κ1) is 18.4. The smallest absolute Gasteiger partial charge is 0.193 e. The van der Waals surface area contributed by atoms with Gasteiger partial charge in [0.2, 0.25) is 0 Å². The van der Waals surface area contributed by atoms with Crippen LogP contribution in [0.1, 0.15) is 32.1 Å². The lowest BCUT2D eigenvalue weighted by Gasteiger charge is -2.43. The molecular formula is C16H23F2IN4. The summed E-state index contributed by atoms with van der Waals surface area (Å²) in [5, 5.41) is 2.64. The Balaban J connectivity index is 0.00000192. The zero-order chi connectivity index (χ0) is 15.5. The summed E-state index contributed by atoms with van der Waals surface area (Å²) in [6.45, 7) is 2.37. The minimum Gasteiger partial charge on any atom is -0.370 e. The van der Waals surface area contributed by atoms with Gasteiger partial charge in [-0.2, -0.15) is 0 Å². The molecule has 0 bridgehead atoms. The van der Waals surface area contributed by atoms with Crippen LogP contribution >= 0.6 is 24.0 Å². The maximum atomic E-state index is 13.5. The third-order valence-corrected chi connectivity index (χ3v) is 4.51. The van der Waals surface area contributed by atoms with Crippen molar-refractivity contribution >= 4 is 35.6 Å². The number of hydrogen-bond donors (Lipinski definition) is 2. The Bertz CT molecular complexity index is 555. The van der Waals surface area contributed by atoms with Gasteiger partial charge in [0.25, 0.3) is 0 Å². The molecule has 0 aromatic heterocycles. The SMILES string of the molecule is I.NC(=NC1CC(N2CCCCC2)C1)Nc1cc(F)ccc1F. The second-order valence-corrected chi connectivity index (χ2v) is 6.14. The fourth-order valence-corrected chi connectivity index (χ4v) is 3.21. The maximum absolute atomic E-state index is 13.5. The molecule has 1 heterocycles. The minimum absolute atomic E-state index is 0. The molecule has 0 atom stereocenters. The van der Waals surface area contributed by atoms with Crippen molar-refractivity contribution in [3.8, 4) is 0 Å². The molecule has 7 heteroatoms. The molecule has 2 aliphatic rings. The molecule has 0 spiro atoms. The van der Waals surface area contributed by atoms with E-state index in [1.54, 1.807) is 0 Å². The zero-order valence-corrected chi connectivity index (χ0v) is 15.3. The summed E-state index contributed by atoms with van der Waals surface area (Å²) in [4.78, 5) is 6.89. The number of hydrogen-bond acceptors (Lipinski definition) is 2. The van der Waals surface area contributed by atoms with Gasteiger partial charge in [0, 0.05) is 12.1 Å². The third kappa shape index (κ3) is 4.76. The molecule has 3 N–H and O–H groups in total. The summed E-state index contributed by atoms with van der Waals surface area (Å²) < 4.78 is 26.6. The number of likely N-dealkylation sites (tertiary alicyclic amines) is 1. The molecule has 1 saturated heterocycles. The number of benzene rings is 1. The van der Waals surface area contributed by atoms with Crippen LogP contribution in [0.25, 0.3) is 0 Å². The summed E-state index contributed by atoms with van der Waals surface area (Å²) in [6, 6.07) is 4.00. The van der Waals surface area contributed by atoms with E-state index in [4.69, 9.17) is 5.73 Å². The first-order valence-corrected chi connectivity index (χ1v) is 7.91. The molecule has 0 amide bonds. The molecule has 23 heavy (non-hydrogen) atoms. The van der Waals surface area contributed by atoms with Gasteiger partial charge in [0.1, 0.15) is 11.6 Å². The second-order valence-electron chi connectivity index (χ2n) is 6.14. The van der Waals surface area contributed by atoms with Gasteiger partial charge < -0.3 is 16.0 Å². The van der Waals surface area contributed by atoms with Crippen molar-refractivity contribution < 1.29 is 8.78 Å². The molecule has 0 unspecified atom stereocenters. The Morgan fingerprint density at radius 3 is 2.57 bits per heavy atom. The summed E-state index contributed by atoms with van der Waals surface area (Å²) in [6.07, 6.45) is 5.89. The Kier molecular flexibility index (Phi) is 6.58. The fourth-order valence-electron chi connectivity index (χ4n) is 3.21. The number of nitrogens with two attached hydrogens (primary N) is 1. The molecule has 0 radical (unpaired) electrons. The van der Waals surface area contributed by atoms with Gasteiger partial charge in [-0.15, -0.1) is 24.0 Å². The minimum atomic E-state index is -0.542. The number of rotatable bonds is 3. The van der Waals surface area contributed by atoms with Gasteiger partial charge in [0.15, 0.2) is 5.96 Å². The number of halogens is 3. The molecular weight excluding hydrogens is 413 g/mol. The zero-order valence-electron chi connectivity index (χ0n) is 13.0. The normalized spacial score (nSPS) is 25.4. The average molecular weight is 436 g/mol. The molecule has 1 aromatic carbocycles. The van der Waals surface area contributed by atoms with Crippen molar-refractivity contribution in [3.63, 3.8) is 0 Å². The predicted octanol–water partition coefficient (Wildman–Crippen LogP) is 3.33. The maximum Gasteiger partial charge on any atom is 0.193 e. The van der Waals surface area contributed by atoms with Crippen molar-refractivity contribution in [2.75, 3.05) is 18.4 Å². The van der Waals surface area contributed by atoms with Crippen molar-refractivity contribution in [2.45, 2.75) is 44.2 Å². The van der Waals surface area contributed by atoms with Crippen LogP contribution in [0.4, 0.5) is 14.5 Å². The van der Waals surface area contributed by atoms with E-state index in [9.17, 15) is 8.78 Å². The fraction of sp³-hybridized carbons (Fsp3) is 0.562. The highest BCUT2D eigenvalue weighted by Crippen LogP contribution is 2.30. The van der Waals surface area contributed by atoms with Crippen LogP contribution in [0.15, 0.2) is 23.2 Å². The molecule has 1 aliphatic heterocycles. The van der Waals surface area contributed by atoms with Crippen molar-refractivity contribution in [2.24, 2.45) is 10.7 Å². The first-order chi connectivity index (χ1) is 10.6. The van der Waals surface area contributed by atoms with E-state index in [1.807, 2.05) is 0 Å². The number of piperidine rings is 1. The number of guanidine groups is 1. The average Bonchev–Trinajstić information content (AvgIpc) is 2.47. The number of nitrogens with one attached hydrogen (secondary N) is 1. The van der Waals surface area contributed by atoms with Crippen LogP contribution in [0.2, 0.25) is 0 Å². The monoisotopic (exact) mass is 436 g/mol. The summed E-state index contributed by atoms with van der Waals surface area (Å²) in [5.41, 5.74) is 5.82. The molecule has 3 rings (SSSR count). The van der Waals surface area contributed by atoms with Gasteiger partial charge in [-0.25, -0.2) is 13.8 Å². The van der Waals surface area contributed by atoms with E-state index >= 15 is 0 Å². The lowest BCUT2D eigenvalue weighted by Crippen LogP contribution is -2.49. The summed E-state index contributed by atoms with van der Waals surface area (Å²) >= 11 is 0. The molecule has 2 fully saturated rings. The van der Waals surface area contributed by atoms with E-state index in [0.717, 1.165) is 31.0 Å². The Hall–Kier alpha value is -0.960. The van der Waals surface area contributed by atoms with Crippen LogP contribution < -0.4 is 11.1 Å². The second kappa shape index (κ2) is 8.23. The van der Waals surface area contributed by atoms with E-state index in [1.165, 1.54) is 32.4 Å². The van der Waals surface area contributed by atoms with Crippen LogP contribution in [-0.4, -0.2) is 36.0 Å². The van der Waals surface area contributed by atoms with Gasteiger partial charge in [-0.05, 0) is 50.9 Å². The highest BCUT2D eigenvalue weighted by molar-refractivity contribution is 14.0. The molecule has 1 saturated carbocycles. The quantitative estimate of drug-likeness (QED) is 0.434. The molecule has 1 aromatic rings. The number of aliphatic imine (C=N–C) groups is 1. The van der Waals surface area contributed by atoms with Crippen LogP contribution in [-0.2, 0) is 0 Å². The van der Waals surface area contributed by atoms with Gasteiger partial charge in [0.05, 0.1) is 11.7 Å². The van der Waals surface area contributed by atoms with Crippen molar-refractivity contribution in [1.82, 2.24) is 4.90 Å². The van der Waals surface area contributed by atoms with Gasteiger partial charge in [-0.3, -0.25) is 0 Å². The van der Waals surface area contributed by atoms with Crippen LogP contribution in [0, 0.1) is 11.6 Å². The highest BCUT2D eigenvalue weighted by atomic mass is 127. The number of anilines is 1. The van der Waals surface area contributed by atoms with E-state index in [0.29, 0.717) is 6.04 Å². The highest BCUT2D eigenvalue weighted by Gasteiger charge is 2.34. The van der Waals surface area contributed by atoms with E-state index < -0.39 is 11.6 Å². The molecule has 1 aliphatic carbocycles. The summed E-state index contributed by atoms with van der Waals surface area (Å²) in [7, 11) is 0. The number of nitrogens with zero attached hydrogens (tertiary/aromatic N) is 2. The standard InChI is InChI=1S/C16H22F2N4.HI/c17-11-4-5-14(18)15(8-11)21-16(19)20-12-9-13(10-12)22-6-2-1-3-7-22;/h4-5,8,12-13H,1-3,6-7,9-10H2,(H3,19,20,21);1H. The largest absolute Gasteiger partial charge is 0.370 e. The molecule has 128 valence electrons. The van der Waals surface area contributed by atoms with E-state index in [-0.39, 0.29) is 41.7 Å². The Morgan fingerprint density at radius 1 is 1.17 bits per heavy atom. The Morgan fingerprint density at radius 2 is 1.87 bits per heavy atom. The topological polar surface area (TPSA) is 53.6 Å². The van der Waals surface area contributed by atoms with E-state index in [2.05, 4.69) is 15.2 Å². The lowest BCUT2D eigenvalue weighted by atomic mass is 9.85. The summed E-state index contributed by atoms with van der Waals surface area (Å²) in [5.74, 6) is -0.906. The Labute approximate surface area is 152 Å². The first-order valence-electron chi connectivity index (χ1n) is 7.91. The lowest BCUT2D eigenvalue weighted by molar-refractivity contribution is 0.0912. The van der Waals surface area contributed by atoms with Crippen LogP contribution in [0.3, 0.4) is 0 Å². The van der Waals surface area contributed by atoms with Gasteiger partial charge >= 0.3 is 0 Å². The van der Waals surface area contributed by atoms with Gasteiger partial charge in [-0.1, -0.05) is 6.42 Å². The molecule has 4 nitrogen and oxygen atoms in total. The third-order valence-electron chi connectivity index (χ3n) is 4.51. The van der Waals surface area contributed by atoms with Crippen molar-refractivity contribution in [1.29, 1.82) is 0 Å². The van der Waals surface area contributed by atoms with Crippen molar-refractivity contribution in [3.05, 3.63) is 29.8 Å².